The summed E-state index contributed by atoms with van der Waals surface area (Å²) < 4.78 is 5.01. The first kappa shape index (κ1) is 13.5. The predicted molar refractivity (Wildman–Crippen MR) is 65.4 cm³/mol. The summed E-state index contributed by atoms with van der Waals surface area (Å²) in [6.45, 7) is 4.04. The molecule has 0 saturated carbocycles. The van der Waals surface area contributed by atoms with Crippen molar-refractivity contribution >= 4 is 5.82 Å². The zero-order valence-electron chi connectivity index (χ0n) is 10.4. The van der Waals surface area contributed by atoms with E-state index in [-0.39, 0.29) is 23.5 Å². The number of aliphatic hydroxyl groups excluding tert-OH is 1. The highest BCUT2D eigenvalue weighted by molar-refractivity contribution is 5.49. The predicted octanol–water partition coefficient (Wildman–Crippen LogP) is 0.742. The molecule has 0 spiro atoms. The molecule has 0 amide bonds. The SMILES string of the molecule is CCC(C)(CCO)Nc1nc[nH]c(=O)c1OC. The van der Waals surface area contributed by atoms with Crippen molar-refractivity contribution in [3.05, 3.63) is 16.7 Å². The standard InChI is InChI=1S/C11H19N3O3/c1-4-11(2,5-6-15)14-9-8(17-3)10(16)13-7-12-9/h7,15H,4-6H2,1-3H3,(H2,12,13,14,16). The molecule has 0 radical (unpaired) electrons. The third-order valence-corrected chi connectivity index (χ3v) is 2.88. The highest BCUT2D eigenvalue weighted by Gasteiger charge is 2.23. The number of hydrogen-bond acceptors (Lipinski definition) is 5. The monoisotopic (exact) mass is 241 g/mol. The number of aromatic nitrogens is 2. The summed E-state index contributed by atoms with van der Waals surface area (Å²) in [6, 6.07) is 0. The molecule has 0 aromatic carbocycles. The molecule has 1 aromatic heterocycles. The first-order valence-corrected chi connectivity index (χ1v) is 5.57. The molecule has 0 fully saturated rings. The zero-order valence-corrected chi connectivity index (χ0v) is 10.4. The van der Waals surface area contributed by atoms with E-state index in [0.29, 0.717) is 12.2 Å². The molecule has 96 valence electrons. The molecule has 0 aliphatic rings. The molecule has 3 N–H and O–H groups in total. The summed E-state index contributed by atoms with van der Waals surface area (Å²) >= 11 is 0. The van der Waals surface area contributed by atoms with Gasteiger partial charge in [-0.25, -0.2) is 4.98 Å². The van der Waals surface area contributed by atoms with Gasteiger partial charge in [0.15, 0.2) is 5.82 Å². The Morgan fingerprint density at radius 3 is 2.88 bits per heavy atom. The number of aliphatic hydroxyl groups is 1. The second-order valence-electron chi connectivity index (χ2n) is 4.13. The second kappa shape index (κ2) is 5.67. The Balaban J connectivity index is 3.01. The van der Waals surface area contributed by atoms with Gasteiger partial charge in [-0.15, -0.1) is 0 Å². The molecule has 0 saturated heterocycles. The Hall–Kier alpha value is -1.56. The Kier molecular flexibility index (Phi) is 4.51. The van der Waals surface area contributed by atoms with Gasteiger partial charge in [-0.3, -0.25) is 4.79 Å². The van der Waals surface area contributed by atoms with E-state index in [4.69, 9.17) is 9.84 Å². The van der Waals surface area contributed by atoms with Crippen LogP contribution in [0.5, 0.6) is 5.75 Å². The summed E-state index contributed by atoms with van der Waals surface area (Å²) in [5.74, 6) is 0.555. The van der Waals surface area contributed by atoms with Crippen LogP contribution in [-0.2, 0) is 0 Å². The number of H-pyrrole nitrogens is 1. The number of hydrogen-bond donors (Lipinski definition) is 3. The van der Waals surface area contributed by atoms with Gasteiger partial charge < -0.3 is 20.1 Å². The minimum absolute atomic E-state index is 0.0723. The number of ether oxygens (including phenoxy) is 1. The quantitative estimate of drug-likeness (QED) is 0.684. The molecule has 17 heavy (non-hydrogen) atoms. The lowest BCUT2D eigenvalue weighted by Crippen LogP contribution is -2.36. The van der Waals surface area contributed by atoms with Gasteiger partial charge in [0, 0.05) is 12.1 Å². The summed E-state index contributed by atoms with van der Waals surface area (Å²) in [5.41, 5.74) is -0.643. The van der Waals surface area contributed by atoms with Gasteiger partial charge in [0.05, 0.1) is 13.4 Å². The lowest BCUT2D eigenvalue weighted by molar-refractivity contribution is 0.251. The maximum atomic E-state index is 11.5. The first-order valence-electron chi connectivity index (χ1n) is 5.57. The third-order valence-electron chi connectivity index (χ3n) is 2.88. The minimum atomic E-state index is -0.326. The van der Waals surface area contributed by atoms with Crippen LogP contribution in [0.15, 0.2) is 11.1 Å². The summed E-state index contributed by atoms with van der Waals surface area (Å²) in [7, 11) is 1.42. The van der Waals surface area contributed by atoms with E-state index in [1.165, 1.54) is 13.4 Å². The number of nitrogens with one attached hydrogen (secondary N) is 2. The number of rotatable bonds is 6. The molecule has 1 atom stereocenters. The highest BCUT2D eigenvalue weighted by Crippen LogP contribution is 2.24. The van der Waals surface area contributed by atoms with Crippen molar-refractivity contribution in [1.82, 2.24) is 9.97 Å². The van der Waals surface area contributed by atoms with Gasteiger partial charge in [0.2, 0.25) is 5.75 Å². The second-order valence-corrected chi connectivity index (χ2v) is 4.13. The van der Waals surface area contributed by atoms with Gasteiger partial charge in [0.25, 0.3) is 5.56 Å². The van der Waals surface area contributed by atoms with Gasteiger partial charge >= 0.3 is 0 Å². The van der Waals surface area contributed by atoms with Gasteiger partial charge in [-0.2, -0.15) is 0 Å². The van der Waals surface area contributed by atoms with Crippen LogP contribution in [0.1, 0.15) is 26.7 Å². The van der Waals surface area contributed by atoms with E-state index < -0.39 is 0 Å². The first-order chi connectivity index (χ1) is 8.06. The van der Waals surface area contributed by atoms with E-state index in [2.05, 4.69) is 15.3 Å². The lowest BCUT2D eigenvalue weighted by Gasteiger charge is -2.29. The van der Waals surface area contributed by atoms with Crippen molar-refractivity contribution in [3.8, 4) is 5.75 Å². The fraction of sp³-hybridized carbons (Fsp3) is 0.636. The van der Waals surface area contributed by atoms with Crippen LogP contribution in [-0.4, -0.2) is 34.3 Å². The molecule has 0 bridgehead atoms. The number of aromatic amines is 1. The Morgan fingerprint density at radius 1 is 1.65 bits per heavy atom. The van der Waals surface area contributed by atoms with Crippen molar-refractivity contribution in [2.45, 2.75) is 32.2 Å². The molecule has 0 aliphatic carbocycles. The van der Waals surface area contributed by atoms with Crippen LogP contribution in [0.3, 0.4) is 0 Å². The average molecular weight is 241 g/mol. The van der Waals surface area contributed by atoms with Crippen LogP contribution < -0.4 is 15.6 Å². The molecule has 1 unspecified atom stereocenters. The fourth-order valence-corrected chi connectivity index (χ4v) is 1.53. The van der Waals surface area contributed by atoms with Crippen molar-refractivity contribution in [3.63, 3.8) is 0 Å². The van der Waals surface area contributed by atoms with E-state index >= 15 is 0 Å². The number of nitrogens with zero attached hydrogens (tertiary/aromatic N) is 1. The van der Waals surface area contributed by atoms with Crippen molar-refractivity contribution in [2.24, 2.45) is 0 Å². The van der Waals surface area contributed by atoms with Crippen molar-refractivity contribution in [2.75, 3.05) is 19.0 Å². The van der Waals surface area contributed by atoms with Gasteiger partial charge in [-0.05, 0) is 19.8 Å². The Bertz CT molecular complexity index is 419. The average Bonchev–Trinajstić information content (AvgIpc) is 2.30. The number of anilines is 1. The third kappa shape index (κ3) is 3.20. The molecular formula is C11H19N3O3. The molecule has 1 aromatic rings. The van der Waals surface area contributed by atoms with Crippen LogP contribution in [0.4, 0.5) is 5.82 Å². The Labute approximate surface area is 100 Å². The smallest absolute Gasteiger partial charge is 0.295 e. The van der Waals surface area contributed by atoms with E-state index in [9.17, 15) is 4.79 Å². The van der Waals surface area contributed by atoms with E-state index in [1.54, 1.807) is 0 Å². The summed E-state index contributed by atoms with van der Waals surface area (Å²) in [6.07, 6.45) is 2.69. The number of methoxy groups -OCH3 is 1. The molecule has 1 heterocycles. The van der Waals surface area contributed by atoms with Crippen LogP contribution in [0.2, 0.25) is 0 Å². The summed E-state index contributed by atoms with van der Waals surface area (Å²) in [4.78, 5) is 18.0. The van der Waals surface area contributed by atoms with Crippen LogP contribution >= 0.6 is 0 Å². The van der Waals surface area contributed by atoms with Gasteiger partial charge in [-0.1, -0.05) is 6.92 Å². The topological polar surface area (TPSA) is 87.2 Å². The van der Waals surface area contributed by atoms with Crippen molar-refractivity contribution < 1.29 is 9.84 Å². The molecule has 6 heteroatoms. The van der Waals surface area contributed by atoms with E-state index in [0.717, 1.165) is 6.42 Å². The molecule has 0 aliphatic heterocycles. The maximum absolute atomic E-state index is 11.5. The highest BCUT2D eigenvalue weighted by atomic mass is 16.5. The van der Waals surface area contributed by atoms with E-state index in [1.807, 2.05) is 13.8 Å². The maximum Gasteiger partial charge on any atom is 0.295 e. The largest absolute Gasteiger partial charge is 0.489 e. The molecule has 6 nitrogen and oxygen atoms in total. The Morgan fingerprint density at radius 2 is 2.35 bits per heavy atom. The van der Waals surface area contributed by atoms with Gasteiger partial charge in [0.1, 0.15) is 0 Å². The van der Waals surface area contributed by atoms with Crippen LogP contribution in [0.25, 0.3) is 0 Å². The molecular weight excluding hydrogens is 222 g/mol. The fourth-order valence-electron chi connectivity index (χ4n) is 1.53. The normalized spacial score (nSPS) is 14.1. The minimum Gasteiger partial charge on any atom is -0.489 e. The summed E-state index contributed by atoms with van der Waals surface area (Å²) in [5, 5.41) is 12.2. The molecule has 1 rings (SSSR count). The lowest BCUT2D eigenvalue weighted by atomic mass is 9.95. The van der Waals surface area contributed by atoms with Crippen molar-refractivity contribution in [1.29, 1.82) is 0 Å². The zero-order chi connectivity index (χ0) is 12.9. The van der Waals surface area contributed by atoms with Crippen LogP contribution in [0, 0.1) is 0 Å².